The molecule has 0 aromatic heterocycles. The predicted molar refractivity (Wildman–Crippen MR) is 94.1 cm³/mol. The van der Waals surface area contributed by atoms with E-state index in [2.05, 4.69) is 5.32 Å². The number of nitrogens with one attached hydrogen (secondary N) is 1. The third-order valence-corrected chi connectivity index (χ3v) is 3.50. The third kappa shape index (κ3) is 6.59. The van der Waals surface area contributed by atoms with Crippen molar-refractivity contribution in [3.05, 3.63) is 77.6 Å². The van der Waals surface area contributed by atoms with Crippen LogP contribution in [0.3, 0.4) is 0 Å². The summed E-state index contributed by atoms with van der Waals surface area (Å²) in [5.41, 5.74) is 1.79. The van der Waals surface area contributed by atoms with E-state index >= 15 is 0 Å². The van der Waals surface area contributed by atoms with Gasteiger partial charge < -0.3 is 10.1 Å². The van der Waals surface area contributed by atoms with Gasteiger partial charge in [0.25, 0.3) is 5.91 Å². The minimum atomic E-state index is -0.888. The van der Waals surface area contributed by atoms with Crippen molar-refractivity contribution < 1.29 is 18.7 Å². The zero-order valence-electron chi connectivity index (χ0n) is 13.9. The van der Waals surface area contributed by atoms with Crippen molar-refractivity contribution >= 4 is 18.0 Å². The quantitative estimate of drug-likeness (QED) is 0.622. The van der Waals surface area contributed by atoms with E-state index in [1.807, 2.05) is 30.3 Å². The Morgan fingerprint density at radius 3 is 2.48 bits per heavy atom. The number of halogens is 1. The summed E-state index contributed by atoms with van der Waals surface area (Å²) < 4.78 is 17.9. The van der Waals surface area contributed by atoms with Gasteiger partial charge in [-0.1, -0.05) is 42.5 Å². The van der Waals surface area contributed by atoms with Crippen LogP contribution in [0.15, 0.2) is 60.7 Å². The lowest BCUT2D eigenvalue weighted by atomic mass is 10.1. The number of carbonyl (C=O) groups excluding carboxylic acids is 2. The van der Waals surface area contributed by atoms with Gasteiger partial charge in [0.2, 0.25) is 0 Å². The first-order chi connectivity index (χ1) is 12.0. The zero-order chi connectivity index (χ0) is 18.1. The van der Waals surface area contributed by atoms with Crippen LogP contribution < -0.4 is 5.32 Å². The molecule has 0 radical (unpaired) electrons. The number of hydrogen-bond donors (Lipinski definition) is 1. The molecule has 0 saturated carbocycles. The van der Waals surface area contributed by atoms with E-state index in [9.17, 15) is 14.0 Å². The van der Waals surface area contributed by atoms with Gasteiger partial charge in [-0.15, -0.1) is 0 Å². The van der Waals surface area contributed by atoms with Gasteiger partial charge in [0, 0.05) is 12.6 Å². The first kappa shape index (κ1) is 18.4. The van der Waals surface area contributed by atoms with Crippen LogP contribution in [0.5, 0.6) is 0 Å². The van der Waals surface area contributed by atoms with Gasteiger partial charge in [-0.05, 0) is 42.7 Å². The van der Waals surface area contributed by atoms with E-state index in [-0.39, 0.29) is 11.7 Å². The summed E-state index contributed by atoms with van der Waals surface area (Å²) in [6.07, 6.45) is 2.60. The highest BCUT2D eigenvalue weighted by atomic mass is 19.1. The smallest absolute Gasteiger partial charge is 0.331 e. The van der Waals surface area contributed by atoms with E-state index in [1.165, 1.54) is 25.1 Å². The highest BCUT2D eigenvalue weighted by molar-refractivity contribution is 5.90. The molecule has 2 rings (SSSR count). The number of ether oxygens (including phenoxy) is 1. The molecule has 0 fully saturated rings. The van der Waals surface area contributed by atoms with E-state index in [0.717, 1.165) is 11.1 Å². The van der Waals surface area contributed by atoms with E-state index in [4.69, 9.17) is 4.74 Å². The molecule has 5 heteroatoms. The molecule has 0 bridgehead atoms. The second-order valence-corrected chi connectivity index (χ2v) is 5.49. The van der Waals surface area contributed by atoms with Crippen LogP contribution in [0.1, 0.15) is 18.1 Å². The molecule has 0 heterocycles. The molecular formula is C20H20FNO3. The Balaban J connectivity index is 1.73. The molecule has 130 valence electrons. The first-order valence-electron chi connectivity index (χ1n) is 8.00. The van der Waals surface area contributed by atoms with Gasteiger partial charge in [0.05, 0.1) is 0 Å². The fourth-order valence-electron chi connectivity index (χ4n) is 2.12. The normalized spacial score (nSPS) is 11.9. The Morgan fingerprint density at radius 1 is 1.12 bits per heavy atom. The van der Waals surface area contributed by atoms with Crippen LogP contribution in [-0.4, -0.2) is 24.5 Å². The molecule has 0 aliphatic rings. The maximum absolute atomic E-state index is 12.8. The number of carbonyl (C=O) groups is 2. The van der Waals surface area contributed by atoms with Crippen LogP contribution in [0.4, 0.5) is 4.39 Å². The van der Waals surface area contributed by atoms with Gasteiger partial charge in [-0.3, -0.25) is 4.79 Å². The predicted octanol–water partition coefficient (Wildman–Crippen LogP) is 3.13. The minimum Gasteiger partial charge on any atom is -0.449 e. The molecule has 0 aliphatic heterocycles. The highest BCUT2D eigenvalue weighted by Gasteiger charge is 2.15. The summed E-state index contributed by atoms with van der Waals surface area (Å²) in [7, 11) is 0. The largest absolute Gasteiger partial charge is 0.449 e. The maximum Gasteiger partial charge on any atom is 0.331 e. The molecule has 25 heavy (non-hydrogen) atoms. The Bertz CT molecular complexity index is 726. The average Bonchev–Trinajstić information content (AvgIpc) is 2.62. The molecular weight excluding hydrogens is 321 g/mol. The molecule has 1 atom stereocenters. The van der Waals surface area contributed by atoms with E-state index in [1.54, 1.807) is 18.2 Å². The second-order valence-electron chi connectivity index (χ2n) is 5.49. The topological polar surface area (TPSA) is 55.4 Å². The molecule has 0 aliphatic carbocycles. The van der Waals surface area contributed by atoms with Gasteiger partial charge >= 0.3 is 5.97 Å². The standard InChI is InChI=1S/C20H20FNO3/c1-15(25-19(23)12-9-16-5-3-2-4-6-16)20(24)22-14-13-17-7-10-18(21)11-8-17/h2-12,15H,13-14H2,1H3,(H,22,24)/b12-9+/t15-/m0/s1. The van der Waals surface area contributed by atoms with Crippen molar-refractivity contribution in [3.8, 4) is 0 Å². The molecule has 0 spiro atoms. The average molecular weight is 341 g/mol. The Labute approximate surface area is 146 Å². The van der Waals surface area contributed by atoms with Crippen molar-refractivity contribution in [1.29, 1.82) is 0 Å². The van der Waals surface area contributed by atoms with Crippen molar-refractivity contribution in [2.24, 2.45) is 0 Å². The monoisotopic (exact) mass is 341 g/mol. The fraction of sp³-hybridized carbons (Fsp3) is 0.200. The number of benzene rings is 2. The number of esters is 1. The van der Waals surface area contributed by atoms with Crippen LogP contribution in [-0.2, 0) is 20.7 Å². The minimum absolute atomic E-state index is 0.295. The van der Waals surface area contributed by atoms with Crippen molar-refractivity contribution in [2.75, 3.05) is 6.54 Å². The van der Waals surface area contributed by atoms with Crippen LogP contribution in [0.25, 0.3) is 6.08 Å². The summed E-state index contributed by atoms with van der Waals surface area (Å²) in [5.74, 6) is -1.24. The maximum atomic E-state index is 12.8. The Morgan fingerprint density at radius 2 is 1.80 bits per heavy atom. The summed E-state index contributed by atoms with van der Waals surface area (Å²) in [6.45, 7) is 1.90. The summed E-state index contributed by atoms with van der Waals surface area (Å²) in [5, 5.41) is 2.69. The summed E-state index contributed by atoms with van der Waals surface area (Å²) >= 11 is 0. The number of amides is 1. The molecule has 2 aromatic carbocycles. The Hall–Kier alpha value is -2.95. The van der Waals surface area contributed by atoms with Gasteiger partial charge in [-0.2, -0.15) is 0 Å². The SMILES string of the molecule is C[C@H](OC(=O)/C=C/c1ccccc1)C(=O)NCCc1ccc(F)cc1. The Kier molecular flexibility index (Phi) is 6.89. The summed E-state index contributed by atoms with van der Waals surface area (Å²) in [6, 6.07) is 15.4. The number of rotatable bonds is 7. The fourth-order valence-corrected chi connectivity index (χ4v) is 2.12. The van der Waals surface area contributed by atoms with E-state index < -0.39 is 12.1 Å². The van der Waals surface area contributed by atoms with Gasteiger partial charge in [0.1, 0.15) is 5.82 Å². The molecule has 4 nitrogen and oxygen atoms in total. The van der Waals surface area contributed by atoms with Crippen molar-refractivity contribution in [2.45, 2.75) is 19.4 Å². The van der Waals surface area contributed by atoms with Crippen molar-refractivity contribution in [1.82, 2.24) is 5.32 Å². The number of hydrogen-bond acceptors (Lipinski definition) is 3. The van der Waals surface area contributed by atoms with Crippen LogP contribution >= 0.6 is 0 Å². The zero-order valence-corrected chi connectivity index (χ0v) is 13.9. The lowest BCUT2D eigenvalue weighted by Crippen LogP contribution is -2.36. The van der Waals surface area contributed by atoms with Crippen LogP contribution in [0.2, 0.25) is 0 Å². The molecule has 1 N–H and O–H groups in total. The van der Waals surface area contributed by atoms with Crippen LogP contribution in [0, 0.1) is 5.82 Å². The molecule has 2 aromatic rings. The van der Waals surface area contributed by atoms with Gasteiger partial charge in [0.15, 0.2) is 6.10 Å². The van der Waals surface area contributed by atoms with Crippen molar-refractivity contribution in [3.63, 3.8) is 0 Å². The lowest BCUT2D eigenvalue weighted by Gasteiger charge is -2.12. The third-order valence-electron chi connectivity index (χ3n) is 3.50. The molecule has 1 amide bonds. The second kappa shape index (κ2) is 9.37. The highest BCUT2D eigenvalue weighted by Crippen LogP contribution is 2.04. The lowest BCUT2D eigenvalue weighted by molar-refractivity contribution is -0.150. The molecule has 0 unspecified atom stereocenters. The van der Waals surface area contributed by atoms with E-state index in [0.29, 0.717) is 13.0 Å². The first-order valence-corrected chi connectivity index (χ1v) is 8.00. The summed E-state index contributed by atoms with van der Waals surface area (Å²) in [4.78, 5) is 23.7. The molecule has 0 saturated heterocycles. The van der Waals surface area contributed by atoms with Gasteiger partial charge in [-0.25, -0.2) is 9.18 Å².